The molecule has 0 spiro atoms. The second-order valence-corrected chi connectivity index (χ2v) is 3.36. The predicted molar refractivity (Wildman–Crippen MR) is 59.6 cm³/mol. The van der Waals surface area contributed by atoms with Gasteiger partial charge in [0.2, 0.25) is 0 Å². The number of terminal acetylenes is 1. The number of aromatic nitrogens is 1. The lowest BCUT2D eigenvalue weighted by atomic mass is 10.3. The van der Waals surface area contributed by atoms with Crippen LogP contribution in [-0.2, 0) is 0 Å². The number of hydrogen-bond donors (Lipinski definition) is 1. The van der Waals surface area contributed by atoms with Gasteiger partial charge in [-0.15, -0.1) is 12.3 Å². The number of nitrogens with one attached hydrogen (secondary N) is 1. The third-order valence-electron chi connectivity index (χ3n) is 1.74. The molecule has 0 aliphatic rings. The Morgan fingerprint density at radius 1 is 1.60 bits per heavy atom. The molecular formula is C11H11ClN2O. The normalized spacial score (nSPS) is 9.33. The van der Waals surface area contributed by atoms with E-state index in [1.54, 1.807) is 12.1 Å². The lowest BCUT2D eigenvalue weighted by molar-refractivity contribution is 0.0948. The van der Waals surface area contributed by atoms with Crippen molar-refractivity contribution in [2.24, 2.45) is 0 Å². The fourth-order valence-corrected chi connectivity index (χ4v) is 1.10. The average molecular weight is 223 g/mol. The molecule has 0 unspecified atom stereocenters. The minimum absolute atomic E-state index is 0.205. The second-order valence-electron chi connectivity index (χ2n) is 2.93. The number of nitrogens with zero attached hydrogens (tertiary/aromatic N) is 1. The fourth-order valence-electron chi connectivity index (χ4n) is 0.993. The Labute approximate surface area is 93.9 Å². The standard InChI is InChI=1S/C11H11ClN2O/c1-2-3-4-7-13-11(15)10-6-5-9(12)8-14-10/h1,5-6,8H,3-4,7H2,(H,13,15). The topological polar surface area (TPSA) is 42.0 Å². The van der Waals surface area contributed by atoms with E-state index < -0.39 is 0 Å². The van der Waals surface area contributed by atoms with Gasteiger partial charge in [0.1, 0.15) is 5.69 Å². The summed E-state index contributed by atoms with van der Waals surface area (Å²) in [6.45, 7) is 0.563. The summed E-state index contributed by atoms with van der Waals surface area (Å²) in [5.74, 6) is 2.30. The van der Waals surface area contributed by atoms with Crippen molar-refractivity contribution in [2.45, 2.75) is 12.8 Å². The number of rotatable bonds is 4. The molecular weight excluding hydrogens is 212 g/mol. The zero-order chi connectivity index (χ0) is 11.1. The largest absolute Gasteiger partial charge is 0.351 e. The van der Waals surface area contributed by atoms with Crippen molar-refractivity contribution < 1.29 is 4.79 Å². The molecule has 0 aromatic carbocycles. The van der Waals surface area contributed by atoms with E-state index in [-0.39, 0.29) is 5.91 Å². The van der Waals surface area contributed by atoms with Crippen LogP contribution in [0.5, 0.6) is 0 Å². The molecule has 15 heavy (non-hydrogen) atoms. The van der Waals surface area contributed by atoms with Gasteiger partial charge in [-0.3, -0.25) is 4.79 Å². The predicted octanol–water partition coefficient (Wildman–Crippen LogP) is 1.88. The molecule has 1 amide bonds. The van der Waals surface area contributed by atoms with E-state index in [1.165, 1.54) is 6.20 Å². The Morgan fingerprint density at radius 3 is 3.00 bits per heavy atom. The average Bonchev–Trinajstić information content (AvgIpc) is 2.25. The van der Waals surface area contributed by atoms with E-state index in [0.717, 1.165) is 6.42 Å². The summed E-state index contributed by atoms with van der Waals surface area (Å²) in [6.07, 6.45) is 7.96. The second kappa shape index (κ2) is 6.05. The van der Waals surface area contributed by atoms with Crippen LogP contribution in [0.2, 0.25) is 5.02 Å². The van der Waals surface area contributed by atoms with E-state index in [1.807, 2.05) is 0 Å². The molecule has 0 bridgehead atoms. The lowest BCUT2D eigenvalue weighted by Crippen LogP contribution is -2.25. The summed E-state index contributed by atoms with van der Waals surface area (Å²) < 4.78 is 0. The lowest BCUT2D eigenvalue weighted by Gasteiger charge is -2.02. The van der Waals surface area contributed by atoms with Gasteiger partial charge in [0.05, 0.1) is 5.02 Å². The molecule has 0 fully saturated rings. The van der Waals surface area contributed by atoms with Gasteiger partial charge in [-0.1, -0.05) is 11.6 Å². The molecule has 0 radical (unpaired) electrons. The van der Waals surface area contributed by atoms with Crippen molar-refractivity contribution in [3.05, 3.63) is 29.0 Å². The Kier molecular flexibility index (Phi) is 4.65. The Bertz CT molecular complexity index is 367. The van der Waals surface area contributed by atoms with Gasteiger partial charge in [-0.05, 0) is 18.6 Å². The van der Waals surface area contributed by atoms with E-state index in [0.29, 0.717) is 23.7 Å². The first-order valence-electron chi connectivity index (χ1n) is 4.57. The molecule has 78 valence electrons. The first kappa shape index (κ1) is 11.5. The maximum atomic E-state index is 11.5. The van der Waals surface area contributed by atoms with Crippen LogP contribution in [-0.4, -0.2) is 17.4 Å². The number of carbonyl (C=O) groups excluding carboxylic acids is 1. The minimum atomic E-state index is -0.205. The zero-order valence-corrected chi connectivity index (χ0v) is 8.92. The summed E-state index contributed by atoms with van der Waals surface area (Å²) in [5.41, 5.74) is 0.361. The highest BCUT2D eigenvalue weighted by atomic mass is 35.5. The van der Waals surface area contributed by atoms with E-state index in [9.17, 15) is 4.79 Å². The van der Waals surface area contributed by atoms with Gasteiger partial charge < -0.3 is 5.32 Å². The molecule has 1 aromatic heterocycles. The summed E-state index contributed by atoms with van der Waals surface area (Å²) in [5, 5.41) is 3.23. The van der Waals surface area contributed by atoms with Crippen molar-refractivity contribution in [1.29, 1.82) is 0 Å². The van der Waals surface area contributed by atoms with Crippen LogP contribution in [0.25, 0.3) is 0 Å². The number of hydrogen-bond acceptors (Lipinski definition) is 2. The van der Waals surface area contributed by atoms with Gasteiger partial charge in [0.25, 0.3) is 5.91 Å². The van der Waals surface area contributed by atoms with Crippen LogP contribution in [0.1, 0.15) is 23.3 Å². The highest BCUT2D eigenvalue weighted by Crippen LogP contribution is 2.05. The van der Waals surface area contributed by atoms with Gasteiger partial charge >= 0.3 is 0 Å². The van der Waals surface area contributed by atoms with Crippen molar-refractivity contribution >= 4 is 17.5 Å². The number of unbranched alkanes of at least 4 members (excludes halogenated alkanes) is 1. The molecule has 0 saturated heterocycles. The van der Waals surface area contributed by atoms with Gasteiger partial charge in [0, 0.05) is 19.2 Å². The molecule has 3 nitrogen and oxygen atoms in total. The number of carbonyl (C=O) groups is 1. The number of amides is 1. The minimum Gasteiger partial charge on any atom is -0.351 e. The Balaban J connectivity index is 2.41. The van der Waals surface area contributed by atoms with Crippen molar-refractivity contribution in [3.63, 3.8) is 0 Å². The van der Waals surface area contributed by atoms with Crippen molar-refractivity contribution in [3.8, 4) is 12.3 Å². The third kappa shape index (κ3) is 4.01. The summed E-state index contributed by atoms with van der Waals surface area (Å²) in [7, 11) is 0. The van der Waals surface area contributed by atoms with E-state index in [4.69, 9.17) is 18.0 Å². The van der Waals surface area contributed by atoms with Crippen LogP contribution in [0.4, 0.5) is 0 Å². The quantitative estimate of drug-likeness (QED) is 0.624. The summed E-state index contributed by atoms with van der Waals surface area (Å²) in [4.78, 5) is 15.3. The van der Waals surface area contributed by atoms with E-state index in [2.05, 4.69) is 16.2 Å². The molecule has 4 heteroatoms. The van der Waals surface area contributed by atoms with Crippen LogP contribution in [0.3, 0.4) is 0 Å². The molecule has 0 saturated carbocycles. The highest BCUT2D eigenvalue weighted by molar-refractivity contribution is 6.30. The van der Waals surface area contributed by atoms with Crippen LogP contribution in [0.15, 0.2) is 18.3 Å². The molecule has 0 atom stereocenters. The maximum Gasteiger partial charge on any atom is 0.269 e. The van der Waals surface area contributed by atoms with Crippen LogP contribution < -0.4 is 5.32 Å². The summed E-state index contributed by atoms with van der Waals surface area (Å²) >= 11 is 5.65. The molecule has 1 heterocycles. The number of halogens is 1. The Morgan fingerprint density at radius 2 is 2.40 bits per heavy atom. The van der Waals surface area contributed by atoms with Crippen LogP contribution >= 0.6 is 11.6 Å². The van der Waals surface area contributed by atoms with Gasteiger partial charge in [0.15, 0.2) is 0 Å². The smallest absolute Gasteiger partial charge is 0.269 e. The molecule has 0 aliphatic heterocycles. The SMILES string of the molecule is C#CCCCNC(=O)c1ccc(Cl)cn1. The molecule has 0 aliphatic carbocycles. The van der Waals surface area contributed by atoms with E-state index >= 15 is 0 Å². The van der Waals surface area contributed by atoms with Gasteiger partial charge in [-0.25, -0.2) is 4.98 Å². The highest BCUT2D eigenvalue weighted by Gasteiger charge is 2.04. The first-order valence-corrected chi connectivity index (χ1v) is 4.95. The number of pyridine rings is 1. The summed E-state index contributed by atoms with van der Waals surface area (Å²) in [6, 6.07) is 3.21. The fraction of sp³-hybridized carbons (Fsp3) is 0.273. The van der Waals surface area contributed by atoms with Gasteiger partial charge in [-0.2, -0.15) is 0 Å². The molecule has 1 N–H and O–H groups in total. The maximum absolute atomic E-state index is 11.5. The molecule has 1 aromatic rings. The zero-order valence-electron chi connectivity index (χ0n) is 8.16. The molecule has 1 rings (SSSR count). The Hall–Kier alpha value is -1.53. The monoisotopic (exact) mass is 222 g/mol. The van der Waals surface area contributed by atoms with Crippen molar-refractivity contribution in [1.82, 2.24) is 10.3 Å². The first-order chi connectivity index (χ1) is 7.24. The van der Waals surface area contributed by atoms with Crippen molar-refractivity contribution in [2.75, 3.05) is 6.54 Å². The third-order valence-corrected chi connectivity index (χ3v) is 1.97. The van der Waals surface area contributed by atoms with Crippen LogP contribution in [0, 0.1) is 12.3 Å².